The molecule has 0 bridgehead atoms. The molecule has 2 radical (unpaired) electrons. The van der Waals surface area contributed by atoms with Crippen LogP contribution in [0.4, 0.5) is 0 Å². The van der Waals surface area contributed by atoms with Gasteiger partial charge in [-0.25, -0.2) is 0 Å². The van der Waals surface area contributed by atoms with Crippen LogP contribution in [0.5, 0.6) is 0 Å². The zero-order valence-electron chi connectivity index (χ0n) is 2.16. The van der Waals surface area contributed by atoms with E-state index in [1.165, 1.54) is 0 Å². The van der Waals surface area contributed by atoms with Gasteiger partial charge < -0.3 is 5.48 Å². The Balaban J connectivity index is 0. The second kappa shape index (κ2) is 51.3. The van der Waals surface area contributed by atoms with Crippen molar-refractivity contribution in [2.24, 2.45) is 0 Å². The molecular formula is H2CoMnNi3O. The van der Waals surface area contributed by atoms with E-state index in [0.717, 1.165) is 0 Å². The van der Waals surface area contributed by atoms with Gasteiger partial charge in [0, 0.05) is 83.3 Å². The third kappa shape index (κ3) is 31.8. The second-order valence-electron chi connectivity index (χ2n) is 0. The first-order valence-corrected chi connectivity index (χ1v) is 0. The van der Waals surface area contributed by atoms with E-state index in [9.17, 15) is 0 Å². The molecule has 54 valence electrons. The van der Waals surface area contributed by atoms with E-state index in [1.54, 1.807) is 0 Å². The van der Waals surface area contributed by atoms with E-state index in [-0.39, 0.29) is 88.8 Å². The predicted molar refractivity (Wildman–Crippen MR) is 3.61 cm³/mol. The first-order valence-electron chi connectivity index (χ1n) is 0. The summed E-state index contributed by atoms with van der Waals surface area (Å²) in [7, 11) is 0. The molecule has 6 heteroatoms. The van der Waals surface area contributed by atoms with E-state index < -0.39 is 0 Å². The van der Waals surface area contributed by atoms with E-state index in [1.807, 2.05) is 0 Å². The van der Waals surface area contributed by atoms with Crippen LogP contribution in [0.2, 0.25) is 0 Å². The summed E-state index contributed by atoms with van der Waals surface area (Å²) in [6, 6.07) is 0. The van der Waals surface area contributed by atoms with Crippen LogP contribution in [0, 0.1) is 0 Å². The maximum atomic E-state index is 0. The average molecular weight is 308 g/mol. The van der Waals surface area contributed by atoms with Crippen molar-refractivity contribution in [1.82, 2.24) is 0 Å². The standard InChI is InChI=1S/Co.Mn.3Ni.H2O/h;;;;;1H2. The van der Waals surface area contributed by atoms with Crippen LogP contribution in [0.1, 0.15) is 0 Å². The van der Waals surface area contributed by atoms with E-state index >= 15 is 0 Å². The first kappa shape index (κ1) is 77.6. The molecule has 0 unspecified atom stereocenters. The second-order valence-corrected chi connectivity index (χ2v) is 0. The topological polar surface area (TPSA) is 31.5 Å². The van der Waals surface area contributed by atoms with Crippen LogP contribution >= 0.6 is 0 Å². The van der Waals surface area contributed by atoms with Crippen molar-refractivity contribution in [3.63, 3.8) is 0 Å². The molecule has 0 saturated heterocycles. The Morgan fingerprint density at radius 2 is 0.667 bits per heavy atom. The summed E-state index contributed by atoms with van der Waals surface area (Å²) in [5.74, 6) is 0. The summed E-state index contributed by atoms with van der Waals surface area (Å²) in [6.07, 6.45) is 0. The van der Waals surface area contributed by atoms with Gasteiger partial charge in [-0.3, -0.25) is 0 Å². The number of hydrogen-bond acceptors (Lipinski definition) is 0. The molecule has 0 fully saturated rings. The summed E-state index contributed by atoms with van der Waals surface area (Å²) in [6.45, 7) is 0. The van der Waals surface area contributed by atoms with Crippen LogP contribution in [0.15, 0.2) is 0 Å². The third-order valence-electron chi connectivity index (χ3n) is 0. The van der Waals surface area contributed by atoms with Crippen molar-refractivity contribution in [3.05, 3.63) is 0 Å². The Kier molecular flexibility index (Phi) is 664. The minimum Gasteiger partial charge on any atom is -0.412 e. The van der Waals surface area contributed by atoms with Crippen LogP contribution in [-0.2, 0) is 83.3 Å². The molecule has 0 spiro atoms. The van der Waals surface area contributed by atoms with Crippen molar-refractivity contribution >= 4 is 0 Å². The molecule has 0 aromatic rings. The summed E-state index contributed by atoms with van der Waals surface area (Å²) >= 11 is 0. The molecule has 1 nitrogen and oxygen atoms in total. The van der Waals surface area contributed by atoms with Gasteiger partial charge in [-0.05, 0) is 0 Å². The molecular weight excluding hydrogens is 306 g/mol. The smallest absolute Gasteiger partial charge is 0 e. The van der Waals surface area contributed by atoms with Gasteiger partial charge in [0.05, 0.1) is 0 Å². The molecule has 0 aromatic carbocycles. The zero-order valence-corrected chi connectivity index (χ0v) is 7.34. The molecule has 0 amide bonds. The molecule has 0 rings (SSSR count). The van der Waals surface area contributed by atoms with Crippen molar-refractivity contribution in [2.45, 2.75) is 0 Å². The Labute approximate surface area is 87.9 Å². The van der Waals surface area contributed by atoms with Crippen molar-refractivity contribution in [2.75, 3.05) is 0 Å². The molecule has 0 aromatic heterocycles. The predicted octanol–water partition coefficient (Wildman–Crippen LogP) is -0.837. The average Bonchev–Trinajstić information content (AvgIpc) is 0. The maximum Gasteiger partial charge on any atom is 0 e. The number of rotatable bonds is 0. The minimum atomic E-state index is 0. The quantitative estimate of drug-likeness (QED) is 0.523. The Morgan fingerprint density at radius 1 is 0.667 bits per heavy atom. The molecule has 0 aliphatic rings. The zero-order chi connectivity index (χ0) is 0. The number of hydrogen-bond donors (Lipinski definition) is 0. The fourth-order valence-corrected chi connectivity index (χ4v) is 0. The van der Waals surface area contributed by atoms with Gasteiger partial charge in [0.25, 0.3) is 0 Å². The van der Waals surface area contributed by atoms with Crippen LogP contribution in [-0.4, -0.2) is 5.48 Å². The molecule has 6 heavy (non-hydrogen) atoms. The van der Waals surface area contributed by atoms with Gasteiger partial charge in [-0.15, -0.1) is 0 Å². The first-order chi connectivity index (χ1) is 0. The molecule has 0 saturated carbocycles. The molecule has 0 heterocycles. The van der Waals surface area contributed by atoms with Crippen LogP contribution in [0.25, 0.3) is 0 Å². The van der Waals surface area contributed by atoms with Crippen molar-refractivity contribution < 1.29 is 88.8 Å². The summed E-state index contributed by atoms with van der Waals surface area (Å²) in [4.78, 5) is 0. The van der Waals surface area contributed by atoms with Gasteiger partial charge in [0.1, 0.15) is 0 Å². The monoisotopic (exact) mass is 306 g/mol. The fraction of sp³-hybridized carbons (Fsp3) is 0. The molecule has 2 N–H and O–H groups in total. The van der Waals surface area contributed by atoms with E-state index in [2.05, 4.69) is 0 Å². The summed E-state index contributed by atoms with van der Waals surface area (Å²) in [5, 5.41) is 0. The van der Waals surface area contributed by atoms with Crippen molar-refractivity contribution in [3.8, 4) is 0 Å². The van der Waals surface area contributed by atoms with Crippen LogP contribution < -0.4 is 0 Å². The van der Waals surface area contributed by atoms with E-state index in [4.69, 9.17) is 0 Å². The normalized spacial score (nSPS) is 0. The van der Waals surface area contributed by atoms with Gasteiger partial charge in [0.15, 0.2) is 0 Å². The summed E-state index contributed by atoms with van der Waals surface area (Å²) in [5.41, 5.74) is 0. The van der Waals surface area contributed by atoms with Gasteiger partial charge >= 0.3 is 0 Å². The SMILES string of the molecule is O.[Co].[Mn].[Ni].[Ni].[Ni]. The van der Waals surface area contributed by atoms with Crippen molar-refractivity contribution in [1.29, 1.82) is 0 Å². The Hall–Kier alpha value is 2.47. The van der Waals surface area contributed by atoms with Crippen LogP contribution in [0.3, 0.4) is 0 Å². The Morgan fingerprint density at radius 3 is 0.667 bits per heavy atom. The maximum absolute atomic E-state index is 0. The van der Waals surface area contributed by atoms with E-state index in [0.29, 0.717) is 0 Å². The summed E-state index contributed by atoms with van der Waals surface area (Å²) < 4.78 is 0. The van der Waals surface area contributed by atoms with Gasteiger partial charge in [-0.2, -0.15) is 0 Å². The largest absolute Gasteiger partial charge is 0.412 e. The van der Waals surface area contributed by atoms with Gasteiger partial charge in [0.2, 0.25) is 0 Å². The molecule has 0 atom stereocenters. The minimum absolute atomic E-state index is 0. The fourth-order valence-electron chi connectivity index (χ4n) is 0. The molecule has 0 aliphatic carbocycles. The third-order valence-corrected chi connectivity index (χ3v) is 0. The molecule has 0 aliphatic heterocycles. The van der Waals surface area contributed by atoms with Gasteiger partial charge in [-0.1, -0.05) is 0 Å². The Bertz CT molecular complexity index is 10.8.